The molecule has 3 heteroatoms. The Hall–Kier alpha value is -1.90. The van der Waals surface area contributed by atoms with Crippen molar-refractivity contribution in [3.8, 4) is 0 Å². The summed E-state index contributed by atoms with van der Waals surface area (Å²) in [4.78, 5) is 11.8. The fourth-order valence-electron chi connectivity index (χ4n) is 1.47. The van der Waals surface area contributed by atoms with Crippen LogP contribution in [0.3, 0.4) is 0 Å². The lowest BCUT2D eigenvalue weighted by Crippen LogP contribution is -2.02. The third kappa shape index (κ3) is 2.31. The number of carbonyl (C=O) groups excluding carboxylic acids is 1. The second-order valence-electron chi connectivity index (χ2n) is 3.49. The molecule has 0 bridgehead atoms. The first-order valence-electron chi connectivity index (χ1n) is 4.81. The van der Waals surface area contributed by atoms with Gasteiger partial charge in [-0.1, -0.05) is 30.3 Å². The Morgan fingerprint density at radius 2 is 2.07 bits per heavy atom. The number of hydrogen-bond donors (Lipinski definition) is 0. The Balaban J connectivity index is 2.11. The van der Waals surface area contributed by atoms with Crippen LogP contribution in [0.4, 0.5) is 0 Å². The molecule has 0 aliphatic rings. The van der Waals surface area contributed by atoms with E-state index in [1.807, 2.05) is 43.6 Å². The minimum Gasteiger partial charge on any atom is -0.294 e. The zero-order valence-electron chi connectivity index (χ0n) is 8.55. The molecule has 0 amide bonds. The summed E-state index contributed by atoms with van der Waals surface area (Å²) in [7, 11) is 1.84. The van der Waals surface area contributed by atoms with Crippen molar-refractivity contribution in [2.75, 3.05) is 0 Å². The Bertz CT molecular complexity index is 459. The molecule has 0 saturated heterocycles. The van der Waals surface area contributed by atoms with E-state index in [2.05, 4.69) is 5.10 Å². The molecule has 1 aromatic heterocycles. The van der Waals surface area contributed by atoms with Gasteiger partial charge in [-0.05, 0) is 5.56 Å². The highest BCUT2D eigenvalue weighted by Gasteiger charge is 2.07. The molecule has 2 rings (SSSR count). The molecule has 0 atom stereocenters. The molecule has 0 radical (unpaired) electrons. The van der Waals surface area contributed by atoms with Gasteiger partial charge in [-0.3, -0.25) is 9.48 Å². The minimum atomic E-state index is 0.128. The first kappa shape index (κ1) is 9.65. The van der Waals surface area contributed by atoms with E-state index in [0.29, 0.717) is 6.42 Å². The maximum absolute atomic E-state index is 11.8. The van der Waals surface area contributed by atoms with Gasteiger partial charge in [-0.25, -0.2) is 0 Å². The van der Waals surface area contributed by atoms with Crippen LogP contribution in [-0.4, -0.2) is 15.6 Å². The number of aromatic nitrogens is 2. The first-order chi connectivity index (χ1) is 7.25. The van der Waals surface area contributed by atoms with Crippen LogP contribution in [0.2, 0.25) is 0 Å². The van der Waals surface area contributed by atoms with Gasteiger partial charge < -0.3 is 0 Å². The van der Waals surface area contributed by atoms with Crippen molar-refractivity contribution in [1.82, 2.24) is 9.78 Å². The second kappa shape index (κ2) is 4.09. The topological polar surface area (TPSA) is 34.9 Å². The standard InChI is InChI=1S/C12H12N2O/c1-14-9-10(8-13-14)7-12(15)11-5-3-2-4-6-11/h2-6,8-9H,7H2,1H3. The van der Waals surface area contributed by atoms with Crippen LogP contribution in [0.15, 0.2) is 42.7 Å². The predicted octanol–water partition coefficient (Wildman–Crippen LogP) is 1.85. The van der Waals surface area contributed by atoms with Crippen LogP contribution >= 0.6 is 0 Å². The number of nitrogens with zero attached hydrogens (tertiary/aromatic N) is 2. The van der Waals surface area contributed by atoms with Crippen LogP contribution in [0.1, 0.15) is 15.9 Å². The van der Waals surface area contributed by atoms with Crippen LogP contribution in [0.5, 0.6) is 0 Å². The molecule has 1 heterocycles. The summed E-state index contributed by atoms with van der Waals surface area (Å²) >= 11 is 0. The van der Waals surface area contributed by atoms with Crippen molar-refractivity contribution in [3.63, 3.8) is 0 Å². The van der Waals surface area contributed by atoms with Crippen molar-refractivity contribution in [2.45, 2.75) is 6.42 Å². The summed E-state index contributed by atoms with van der Waals surface area (Å²) in [6.07, 6.45) is 4.00. The van der Waals surface area contributed by atoms with Gasteiger partial charge in [-0.2, -0.15) is 5.10 Å². The van der Waals surface area contributed by atoms with Crippen molar-refractivity contribution < 1.29 is 4.79 Å². The lowest BCUT2D eigenvalue weighted by atomic mass is 10.1. The Morgan fingerprint density at radius 1 is 1.33 bits per heavy atom. The van der Waals surface area contributed by atoms with E-state index in [1.54, 1.807) is 10.9 Å². The van der Waals surface area contributed by atoms with Crippen molar-refractivity contribution in [2.24, 2.45) is 7.05 Å². The smallest absolute Gasteiger partial charge is 0.167 e. The number of ketones is 1. The van der Waals surface area contributed by atoms with E-state index in [9.17, 15) is 4.79 Å². The molecule has 76 valence electrons. The van der Waals surface area contributed by atoms with E-state index in [0.717, 1.165) is 11.1 Å². The monoisotopic (exact) mass is 200 g/mol. The molecule has 3 nitrogen and oxygen atoms in total. The van der Waals surface area contributed by atoms with Gasteiger partial charge in [0.15, 0.2) is 5.78 Å². The van der Waals surface area contributed by atoms with Gasteiger partial charge in [0.05, 0.1) is 6.20 Å². The fourth-order valence-corrected chi connectivity index (χ4v) is 1.47. The molecular weight excluding hydrogens is 188 g/mol. The van der Waals surface area contributed by atoms with Gasteiger partial charge >= 0.3 is 0 Å². The molecule has 0 aliphatic heterocycles. The van der Waals surface area contributed by atoms with Crippen LogP contribution in [-0.2, 0) is 13.5 Å². The largest absolute Gasteiger partial charge is 0.294 e. The number of rotatable bonds is 3. The molecule has 15 heavy (non-hydrogen) atoms. The van der Waals surface area contributed by atoms with E-state index >= 15 is 0 Å². The van der Waals surface area contributed by atoms with Crippen molar-refractivity contribution in [1.29, 1.82) is 0 Å². The van der Waals surface area contributed by atoms with Gasteiger partial charge in [-0.15, -0.1) is 0 Å². The highest BCUT2D eigenvalue weighted by Crippen LogP contribution is 2.06. The lowest BCUT2D eigenvalue weighted by Gasteiger charge is -1.97. The maximum atomic E-state index is 11.8. The Labute approximate surface area is 88.4 Å². The summed E-state index contributed by atoms with van der Waals surface area (Å²) in [5.74, 6) is 0.128. The highest BCUT2D eigenvalue weighted by atomic mass is 16.1. The van der Waals surface area contributed by atoms with Gasteiger partial charge in [0, 0.05) is 25.2 Å². The van der Waals surface area contributed by atoms with E-state index in [1.165, 1.54) is 0 Å². The summed E-state index contributed by atoms with van der Waals surface area (Å²) in [5, 5.41) is 4.03. The van der Waals surface area contributed by atoms with Gasteiger partial charge in [0.25, 0.3) is 0 Å². The third-order valence-corrected chi connectivity index (χ3v) is 2.22. The number of hydrogen-bond acceptors (Lipinski definition) is 2. The highest BCUT2D eigenvalue weighted by molar-refractivity contribution is 5.97. The molecule has 0 aliphatic carbocycles. The summed E-state index contributed by atoms with van der Waals surface area (Å²) in [5.41, 5.74) is 1.70. The zero-order valence-corrected chi connectivity index (χ0v) is 8.55. The number of carbonyl (C=O) groups is 1. The van der Waals surface area contributed by atoms with E-state index < -0.39 is 0 Å². The van der Waals surface area contributed by atoms with Crippen molar-refractivity contribution >= 4 is 5.78 Å². The third-order valence-electron chi connectivity index (χ3n) is 2.22. The lowest BCUT2D eigenvalue weighted by molar-refractivity contribution is 0.0993. The molecule has 0 N–H and O–H groups in total. The van der Waals surface area contributed by atoms with E-state index in [4.69, 9.17) is 0 Å². The molecule has 0 unspecified atom stereocenters. The number of Topliss-reactive ketones (excluding diaryl/α,β-unsaturated/α-hetero) is 1. The van der Waals surface area contributed by atoms with Crippen LogP contribution < -0.4 is 0 Å². The zero-order chi connectivity index (χ0) is 10.7. The Morgan fingerprint density at radius 3 is 2.67 bits per heavy atom. The van der Waals surface area contributed by atoms with Gasteiger partial charge in [0.2, 0.25) is 0 Å². The number of benzene rings is 1. The molecule has 1 aromatic carbocycles. The summed E-state index contributed by atoms with van der Waals surface area (Å²) < 4.78 is 1.70. The maximum Gasteiger partial charge on any atom is 0.167 e. The van der Waals surface area contributed by atoms with Crippen LogP contribution in [0, 0.1) is 0 Å². The summed E-state index contributed by atoms with van der Waals surface area (Å²) in [6.45, 7) is 0. The predicted molar refractivity (Wildman–Crippen MR) is 57.7 cm³/mol. The molecule has 0 fully saturated rings. The SMILES string of the molecule is Cn1cc(CC(=O)c2ccccc2)cn1. The quantitative estimate of drug-likeness (QED) is 0.709. The van der Waals surface area contributed by atoms with Gasteiger partial charge in [0.1, 0.15) is 0 Å². The fraction of sp³-hybridized carbons (Fsp3) is 0.167. The normalized spacial score (nSPS) is 10.2. The molecule has 0 saturated carbocycles. The van der Waals surface area contributed by atoms with Crippen LogP contribution in [0.25, 0.3) is 0 Å². The molecular formula is C12H12N2O. The Kier molecular flexibility index (Phi) is 2.63. The second-order valence-corrected chi connectivity index (χ2v) is 3.49. The van der Waals surface area contributed by atoms with Crippen molar-refractivity contribution in [3.05, 3.63) is 53.9 Å². The molecule has 0 spiro atoms. The summed E-state index contributed by atoms with van der Waals surface area (Å²) in [6, 6.07) is 9.31. The average Bonchev–Trinajstić information content (AvgIpc) is 2.65. The average molecular weight is 200 g/mol. The first-order valence-corrected chi connectivity index (χ1v) is 4.81. The molecule has 2 aromatic rings. The number of aryl methyl sites for hydroxylation is 1. The minimum absolute atomic E-state index is 0.128. The van der Waals surface area contributed by atoms with E-state index in [-0.39, 0.29) is 5.78 Å².